The molecule has 0 amide bonds. The molecule has 0 saturated carbocycles. The molecule has 0 aliphatic rings. The predicted octanol–water partition coefficient (Wildman–Crippen LogP) is 1.48. The van der Waals surface area contributed by atoms with Gasteiger partial charge in [-0.1, -0.05) is 20.3 Å². The van der Waals surface area contributed by atoms with E-state index in [1.165, 1.54) is 11.7 Å². The van der Waals surface area contributed by atoms with Crippen molar-refractivity contribution >= 4 is 11.7 Å². The first-order valence-electron chi connectivity index (χ1n) is 4.51. The van der Waals surface area contributed by atoms with Gasteiger partial charge < -0.3 is 0 Å². The van der Waals surface area contributed by atoms with Crippen molar-refractivity contribution < 1.29 is 0 Å². The first-order chi connectivity index (χ1) is 6.27. The molecule has 0 aromatic carbocycles. The van der Waals surface area contributed by atoms with Crippen molar-refractivity contribution in [2.45, 2.75) is 32.7 Å². The monoisotopic (exact) mass is 200 g/mol. The molecule has 0 fully saturated rings. The van der Waals surface area contributed by atoms with E-state index in [4.69, 9.17) is 5.84 Å². The second kappa shape index (κ2) is 5.26. The summed E-state index contributed by atoms with van der Waals surface area (Å²) < 4.78 is 8.12. The summed E-state index contributed by atoms with van der Waals surface area (Å²) in [6.45, 7) is 4.39. The molecule has 0 spiro atoms. The molecule has 1 heterocycles. The molecule has 0 saturated heterocycles. The Morgan fingerprint density at radius 1 is 1.69 bits per heavy atom. The predicted molar refractivity (Wildman–Crippen MR) is 54.0 cm³/mol. The Bertz CT molecular complexity index is 224. The summed E-state index contributed by atoms with van der Waals surface area (Å²) in [6, 6.07) is 0.147. The van der Waals surface area contributed by atoms with Crippen LogP contribution >= 0.6 is 11.7 Å². The minimum Gasteiger partial charge on any atom is -0.271 e. The van der Waals surface area contributed by atoms with Gasteiger partial charge in [-0.2, -0.15) is 8.75 Å². The highest BCUT2D eigenvalue weighted by molar-refractivity contribution is 6.99. The van der Waals surface area contributed by atoms with E-state index in [-0.39, 0.29) is 6.04 Å². The lowest BCUT2D eigenvalue weighted by molar-refractivity contribution is 0.403. The molecule has 0 aliphatic carbocycles. The van der Waals surface area contributed by atoms with Gasteiger partial charge in [-0.3, -0.25) is 11.3 Å². The lowest BCUT2D eigenvalue weighted by Gasteiger charge is -2.16. The molecule has 74 valence electrons. The van der Waals surface area contributed by atoms with Gasteiger partial charge >= 0.3 is 0 Å². The van der Waals surface area contributed by atoms with Crippen LogP contribution in [0.3, 0.4) is 0 Å². The van der Waals surface area contributed by atoms with Crippen LogP contribution in [-0.4, -0.2) is 8.75 Å². The van der Waals surface area contributed by atoms with Gasteiger partial charge in [-0.15, -0.1) is 0 Å². The SMILES string of the molecule is CCC(C)CC(NN)c1cnsn1. The highest BCUT2D eigenvalue weighted by Crippen LogP contribution is 2.20. The summed E-state index contributed by atoms with van der Waals surface area (Å²) in [4.78, 5) is 0. The van der Waals surface area contributed by atoms with Gasteiger partial charge in [0.05, 0.1) is 29.7 Å². The molecule has 2 unspecified atom stereocenters. The fourth-order valence-corrected chi connectivity index (χ4v) is 1.64. The molecule has 5 heteroatoms. The number of rotatable bonds is 5. The number of hydrogen-bond donors (Lipinski definition) is 2. The Hall–Kier alpha value is -0.520. The zero-order valence-corrected chi connectivity index (χ0v) is 8.84. The standard InChI is InChI=1S/C8H16N4S/c1-3-6(2)4-7(11-9)8-5-10-13-12-8/h5-7,11H,3-4,9H2,1-2H3. The van der Waals surface area contributed by atoms with E-state index in [0.29, 0.717) is 5.92 Å². The van der Waals surface area contributed by atoms with Gasteiger partial charge in [-0.25, -0.2) is 0 Å². The van der Waals surface area contributed by atoms with Gasteiger partial charge in [-0.05, 0) is 12.3 Å². The minimum absolute atomic E-state index is 0.147. The maximum absolute atomic E-state index is 5.45. The van der Waals surface area contributed by atoms with E-state index in [9.17, 15) is 0 Å². The third kappa shape index (κ3) is 3.02. The molecule has 3 N–H and O–H groups in total. The van der Waals surface area contributed by atoms with E-state index in [1.807, 2.05) is 0 Å². The molecule has 1 rings (SSSR count). The zero-order chi connectivity index (χ0) is 9.68. The summed E-state index contributed by atoms with van der Waals surface area (Å²) >= 11 is 1.22. The van der Waals surface area contributed by atoms with Crippen LogP contribution in [0.5, 0.6) is 0 Å². The maximum Gasteiger partial charge on any atom is 0.0925 e. The van der Waals surface area contributed by atoms with E-state index < -0.39 is 0 Å². The molecule has 0 aliphatic heterocycles. The fraction of sp³-hybridized carbons (Fsp3) is 0.750. The summed E-state index contributed by atoms with van der Waals surface area (Å²) in [5.41, 5.74) is 3.73. The minimum atomic E-state index is 0.147. The molecule has 2 atom stereocenters. The normalized spacial score (nSPS) is 15.6. The van der Waals surface area contributed by atoms with Crippen LogP contribution < -0.4 is 11.3 Å². The molecule has 4 nitrogen and oxygen atoms in total. The highest BCUT2D eigenvalue weighted by Gasteiger charge is 2.14. The molecular weight excluding hydrogens is 184 g/mol. The van der Waals surface area contributed by atoms with Crippen LogP contribution in [0.1, 0.15) is 38.4 Å². The quantitative estimate of drug-likeness (QED) is 0.558. The van der Waals surface area contributed by atoms with Crippen LogP contribution in [0.4, 0.5) is 0 Å². The summed E-state index contributed by atoms with van der Waals surface area (Å²) in [5, 5.41) is 0. The van der Waals surface area contributed by atoms with Gasteiger partial charge in [0.15, 0.2) is 0 Å². The Balaban J connectivity index is 2.53. The number of hydrazine groups is 1. The average Bonchev–Trinajstić information content (AvgIpc) is 2.66. The highest BCUT2D eigenvalue weighted by atomic mass is 32.1. The largest absolute Gasteiger partial charge is 0.271 e. The molecule has 1 aromatic heterocycles. The summed E-state index contributed by atoms with van der Waals surface area (Å²) in [5.74, 6) is 6.11. The maximum atomic E-state index is 5.45. The Morgan fingerprint density at radius 2 is 2.46 bits per heavy atom. The van der Waals surface area contributed by atoms with Crippen LogP contribution in [0.25, 0.3) is 0 Å². The first kappa shape index (κ1) is 10.6. The number of aromatic nitrogens is 2. The lowest BCUT2D eigenvalue weighted by Crippen LogP contribution is -2.29. The van der Waals surface area contributed by atoms with Crippen molar-refractivity contribution in [2.24, 2.45) is 11.8 Å². The fourth-order valence-electron chi connectivity index (χ4n) is 1.17. The molecule has 1 aromatic rings. The van der Waals surface area contributed by atoms with Gasteiger partial charge in [0.2, 0.25) is 0 Å². The molecule has 0 radical (unpaired) electrons. The number of nitrogens with one attached hydrogen (secondary N) is 1. The van der Waals surface area contributed by atoms with Crippen LogP contribution in [0.2, 0.25) is 0 Å². The topological polar surface area (TPSA) is 63.8 Å². The molecule has 13 heavy (non-hydrogen) atoms. The Labute approximate surface area is 82.8 Å². The van der Waals surface area contributed by atoms with Gasteiger partial charge in [0.25, 0.3) is 0 Å². The average molecular weight is 200 g/mol. The van der Waals surface area contributed by atoms with Crippen molar-refractivity contribution in [3.8, 4) is 0 Å². The van der Waals surface area contributed by atoms with E-state index >= 15 is 0 Å². The second-order valence-corrected chi connectivity index (χ2v) is 3.86. The van der Waals surface area contributed by atoms with Crippen molar-refractivity contribution in [3.05, 3.63) is 11.9 Å². The molecule has 0 bridgehead atoms. The van der Waals surface area contributed by atoms with Crippen molar-refractivity contribution in [2.75, 3.05) is 0 Å². The second-order valence-electron chi connectivity index (χ2n) is 3.30. The third-order valence-electron chi connectivity index (χ3n) is 2.27. The van der Waals surface area contributed by atoms with Crippen molar-refractivity contribution in [1.29, 1.82) is 0 Å². The van der Waals surface area contributed by atoms with Crippen molar-refractivity contribution in [3.63, 3.8) is 0 Å². The van der Waals surface area contributed by atoms with Crippen molar-refractivity contribution in [1.82, 2.24) is 14.2 Å². The molecular formula is C8H16N4S. The van der Waals surface area contributed by atoms with E-state index in [0.717, 1.165) is 18.5 Å². The van der Waals surface area contributed by atoms with Gasteiger partial charge in [0.1, 0.15) is 0 Å². The Kier molecular flexibility index (Phi) is 4.27. The summed E-state index contributed by atoms with van der Waals surface area (Å²) in [6.07, 6.45) is 3.95. The van der Waals surface area contributed by atoms with Crippen LogP contribution in [-0.2, 0) is 0 Å². The summed E-state index contributed by atoms with van der Waals surface area (Å²) in [7, 11) is 0. The van der Waals surface area contributed by atoms with Crippen LogP contribution in [0, 0.1) is 5.92 Å². The van der Waals surface area contributed by atoms with E-state index in [2.05, 4.69) is 28.0 Å². The van der Waals surface area contributed by atoms with Crippen LogP contribution in [0.15, 0.2) is 6.20 Å². The first-order valence-corrected chi connectivity index (χ1v) is 5.24. The third-order valence-corrected chi connectivity index (χ3v) is 2.76. The number of nitrogens with zero attached hydrogens (tertiary/aromatic N) is 2. The number of nitrogens with two attached hydrogens (primary N) is 1. The number of hydrogen-bond acceptors (Lipinski definition) is 5. The smallest absolute Gasteiger partial charge is 0.0925 e. The Morgan fingerprint density at radius 3 is 2.92 bits per heavy atom. The zero-order valence-electron chi connectivity index (χ0n) is 8.03. The van der Waals surface area contributed by atoms with Gasteiger partial charge in [0, 0.05) is 0 Å². The lowest BCUT2D eigenvalue weighted by atomic mass is 9.98. The van der Waals surface area contributed by atoms with E-state index in [1.54, 1.807) is 6.20 Å².